The van der Waals surface area contributed by atoms with Gasteiger partial charge < -0.3 is 20.5 Å². The Balaban J connectivity index is 1.99. The molecule has 4 heteroatoms. The van der Waals surface area contributed by atoms with E-state index in [-0.39, 0.29) is 0 Å². The molecule has 2 rings (SSSR count). The Kier molecular flexibility index (Phi) is 5.67. The van der Waals surface area contributed by atoms with Gasteiger partial charge in [0.15, 0.2) is 0 Å². The van der Waals surface area contributed by atoms with Gasteiger partial charge in [0.05, 0.1) is 18.9 Å². The Morgan fingerprint density at radius 2 is 1.91 bits per heavy atom. The van der Waals surface area contributed by atoms with Gasteiger partial charge in [-0.05, 0) is 43.2 Å². The first kappa shape index (κ1) is 16.2. The van der Waals surface area contributed by atoms with E-state index in [0.29, 0.717) is 17.9 Å². The number of nitrogens with zero attached hydrogens (tertiary/aromatic N) is 1. The van der Waals surface area contributed by atoms with Crippen LogP contribution in [0.5, 0.6) is 5.75 Å². The maximum Gasteiger partial charge on any atom is 0.141 e. The third kappa shape index (κ3) is 3.92. The summed E-state index contributed by atoms with van der Waals surface area (Å²) in [5, 5.41) is 10.4. The molecule has 1 atom stereocenters. The van der Waals surface area contributed by atoms with Crippen molar-refractivity contribution in [3.63, 3.8) is 0 Å². The maximum absolute atomic E-state index is 10.4. The first-order chi connectivity index (χ1) is 10.7. The molecule has 0 heterocycles. The van der Waals surface area contributed by atoms with Crippen LogP contribution in [0.15, 0.2) is 48.5 Å². The number of nitrogens with two attached hydrogens (primary N) is 1. The van der Waals surface area contributed by atoms with Crippen LogP contribution in [0.2, 0.25) is 0 Å². The summed E-state index contributed by atoms with van der Waals surface area (Å²) in [7, 11) is 1.58. The van der Waals surface area contributed by atoms with Crippen molar-refractivity contribution in [3.8, 4) is 5.75 Å². The second kappa shape index (κ2) is 7.71. The van der Waals surface area contributed by atoms with Crippen LogP contribution in [0.25, 0.3) is 0 Å². The SMILES string of the molecule is CCN(CCC(O)c1ccc(OC)c(N)c1)c1ccccc1. The average Bonchev–Trinajstić information content (AvgIpc) is 2.56. The number of hydrogen-bond acceptors (Lipinski definition) is 4. The summed E-state index contributed by atoms with van der Waals surface area (Å²) in [4.78, 5) is 2.25. The number of aliphatic hydroxyl groups excluding tert-OH is 1. The normalized spacial score (nSPS) is 12.0. The van der Waals surface area contributed by atoms with Crippen molar-refractivity contribution in [1.82, 2.24) is 0 Å². The Hall–Kier alpha value is -2.20. The lowest BCUT2D eigenvalue weighted by Crippen LogP contribution is -2.25. The number of methoxy groups -OCH3 is 1. The Morgan fingerprint density at radius 1 is 1.18 bits per heavy atom. The molecule has 3 N–H and O–H groups in total. The highest BCUT2D eigenvalue weighted by molar-refractivity contribution is 5.54. The summed E-state index contributed by atoms with van der Waals surface area (Å²) in [5.41, 5.74) is 8.44. The number of rotatable bonds is 7. The van der Waals surface area contributed by atoms with Crippen molar-refractivity contribution in [2.75, 3.05) is 30.8 Å². The van der Waals surface area contributed by atoms with Crippen LogP contribution in [-0.4, -0.2) is 25.3 Å². The van der Waals surface area contributed by atoms with Gasteiger partial charge in [0.25, 0.3) is 0 Å². The van der Waals surface area contributed by atoms with Crippen molar-refractivity contribution < 1.29 is 9.84 Å². The number of ether oxygens (including phenoxy) is 1. The topological polar surface area (TPSA) is 58.7 Å². The first-order valence-corrected chi connectivity index (χ1v) is 7.57. The number of anilines is 2. The molecule has 22 heavy (non-hydrogen) atoms. The van der Waals surface area contributed by atoms with Crippen LogP contribution in [0.3, 0.4) is 0 Å². The zero-order valence-corrected chi connectivity index (χ0v) is 13.2. The quantitative estimate of drug-likeness (QED) is 0.771. The largest absolute Gasteiger partial charge is 0.495 e. The van der Waals surface area contributed by atoms with Crippen molar-refractivity contribution >= 4 is 11.4 Å². The summed E-state index contributed by atoms with van der Waals surface area (Å²) in [5.74, 6) is 0.635. The highest BCUT2D eigenvalue weighted by Crippen LogP contribution is 2.27. The highest BCUT2D eigenvalue weighted by Gasteiger charge is 2.12. The standard InChI is InChI=1S/C18H24N2O2/c1-3-20(15-7-5-4-6-8-15)12-11-17(21)14-9-10-18(22-2)16(19)13-14/h4-10,13,17,21H,3,11-12,19H2,1-2H3. The van der Waals surface area contributed by atoms with Crippen LogP contribution in [0, 0.1) is 0 Å². The molecule has 118 valence electrons. The number of para-hydroxylation sites is 1. The lowest BCUT2D eigenvalue weighted by molar-refractivity contribution is 0.169. The number of hydrogen-bond donors (Lipinski definition) is 2. The minimum Gasteiger partial charge on any atom is -0.495 e. The predicted molar refractivity (Wildman–Crippen MR) is 91.3 cm³/mol. The number of benzene rings is 2. The van der Waals surface area contributed by atoms with E-state index >= 15 is 0 Å². The van der Waals surface area contributed by atoms with E-state index in [0.717, 1.165) is 18.7 Å². The molecule has 0 amide bonds. The molecule has 0 spiro atoms. The van der Waals surface area contributed by atoms with Gasteiger partial charge in [0, 0.05) is 18.8 Å². The summed E-state index contributed by atoms with van der Waals surface area (Å²) in [6.07, 6.45) is 0.111. The molecular formula is C18H24N2O2. The summed E-state index contributed by atoms with van der Waals surface area (Å²) < 4.78 is 5.14. The van der Waals surface area contributed by atoms with Gasteiger partial charge >= 0.3 is 0 Å². The van der Waals surface area contributed by atoms with Gasteiger partial charge in [-0.2, -0.15) is 0 Å². The molecule has 4 nitrogen and oxygen atoms in total. The second-order valence-electron chi connectivity index (χ2n) is 5.22. The smallest absolute Gasteiger partial charge is 0.141 e. The summed E-state index contributed by atoms with van der Waals surface area (Å²) in [6.45, 7) is 3.81. The number of aliphatic hydroxyl groups is 1. The fourth-order valence-electron chi connectivity index (χ4n) is 2.51. The van der Waals surface area contributed by atoms with Crippen molar-refractivity contribution in [2.45, 2.75) is 19.4 Å². The molecule has 0 radical (unpaired) electrons. The zero-order valence-electron chi connectivity index (χ0n) is 13.2. The fraction of sp³-hybridized carbons (Fsp3) is 0.333. The minimum atomic E-state index is -0.536. The molecule has 0 saturated heterocycles. The van der Waals surface area contributed by atoms with Gasteiger partial charge in [-0.1, -0.05) is 24.3 Å². The lowest BCUT2D eigenvalue weighted by atomic mass is 10.0. The third-order valence-corrected chi connectivity index (χ3v) is 3.81. The number of nitrogen functional groups attached to an aromatic ring is 1. The molecule has 0 bridgehead atoms. The third-order valence-electron chi connectivity index (χ3n) is 3.81. The lowest BCUT2D eigenvalue weighted by Gasteiger charge is -2.24. The van der Waals surface area contributed by atoms with Gasteiger partial charge in [-0.15, -0.1) is 0 Å². The van der Waals surface area contributed by atoms with E-state index in [9.17, 15) is 5.11 Å². The van der Waals surface area contributed by atoms with Crippen molar-refractivity contribution in [2.24, 2.45) is 0 Å². The average molecular weight is 300 g/mol. The first-order valence-electron chi connectivity index (χ1n) is 7.57. The monoisotopic (exact) mass is 300 g/mol. The van der Waals surface area contributed by atoms with E-state index in [2.05, 4.69) is 24.0 Å². The fourth-order valence-corrected chi connectivity index (χ4v) is 2.51. The van der Waals surface area contributed by atoms with Crippen LogP contribution >= 0.6 is 0 Å². The van der Waals surface area contributed by atoms with Crippen LogP contribution < -0.4 is 15.4 Å². The molecule has 0 saturated carbocycles. The van der Waals surface area contributed by atoms with E-state index < -0.39 is 6.10 Å². The van der Waals surface area contributed by atoms with Gasteiger partial charge in [-0.25, -0.2) is 0 Å². The predicted octanol–water partition coefficient (Wildman–Crippen LogP) is 3.23. The Morgan fingerprint density at radius 3 is 2.50 bits per heavy atom. The van der Waals surface area contributed by atoms with E-state index in [1.54, 1.807) is 19.2 Å². The Labute approximate surface area is 132 Å². The second-order valence-corrected chi connectivity index (χ2v) is 5.22. The van der Waals surface area contributed by atoms with Crippen LogP contribution in [0.1, 0.15) is 25.0 Å². The molecular weight excluding hydrogens is 276 g/mol. The van der Waals surface area contributed by atoms with E-state index in [1.807, 2.05) is 24.3 Å². The molecule has 1 unspecified atom stereocenters. The molecule has 0 aliphatic heterocycles. The zero-order chi connectivity index (χ0) is 15.9. The van der Waals surface area contributed by atoms with Gasteiger partial charge in [-0.3, -0.25) is 0 Å². The van der Waals surface area contributed by atoms with Gasteiger partial charge in [0.1, 0.15) is 5.75 Å². The summed E-state index contributed by atoms with van der Waals surface area (Å²) >= 11 is 0. The molecule has 0 aliphatic rings. The van der Waals surface area contributed by atoms with Crippen molar-refractivity contribution in [1.29, 1.82) is 0 Å². The van der Waals surface area contributed by atoms with Crippen LogP contribution in [-0.2, 0) is 0 Å². The van der Waals surface area contributed by atoms with E-state index in [1.165, 1.54) is 5.69 Å². The Bertz CT molecular complexity index is 587. The maximum atomic E-state index is 10.4. The van der Waals surface area contributed by atoms with Crippen molar-refractivity contribution in [3.05, 3.63) is 54.1 Å². The highest BCUT2D eigenvalue weighted by atomic mass is 16.5. The molecule has 2 aromatic rings. The molecule has 0 fully saturated rings. The molecule has 2 aromatic carbocycles. The minimum absolute atomic E-state index is 0.536. The summed E-state index contributed by atoms with van der Waals surface area (Å²) in [6, 6.07) is 15.7. The molecule has 0 aliphatic carbocycles. The van der Waals surface area contributed by atoms with E-state index in [4.69, 9.17) is 10.5 Å². The van der Waals surface area contributed by atoms with Crippen LogP contribution in [0.4, 0.5) is 11.4 Å². The molecule has 0 aromatic heterocycles. The van der Waals surface area contributed by atoms with Gasteiger partial charge in [0.2, 0.25) is 0 Å².